The van der Waals surface area contributed by atoms with Crippen molar-refractivity contribution in [1.29, 1.82) is 0 Å². The summed E-state index contributed by atoms with van der Waals surface area (Å²) in [7, 11) is 0. The van der Waals surface area contributed by atoms with Gasteiger partial charge in [-0.05, 0) is 43.2 Å². The molecule has 0 fully saturated rings. The van der Waals surface area contributed by atoms with E-state index in [0.717, 1.165) is 12.8 Å². The topological polar surface area (TPSA) is 86.5 Å². The van der Waals surface area contributed by atoms with Gasteiger partial charge in [-0.25, -0.2) is 4.98 Å². The van der Waals surface area contributed by atoms with Crippen molar-refractivity contribution >= 4 is 5.91 Å². The molecule has 0 bridgehead atoms. The molecule has 0 spiro atoms. The summed E-state index contributed by atoms with van der Waals surface area (Å²) < 4.78 is 11.1. The highest BCUT2D eigenvalue weighted by molar-refractivity contribution is 5.77. The van der Waals surface area contributed by atoms with Crippen LogP contribution in [-0.4, -0.2) is 29.6 Å². The molecule has 0 saturated carbocycles. The van der Waals surface area contributed by atoms with Gasteiger partial charge in [-0.2, -0.15) is 0 Å². The number of amides is 1. The number of pyridine rings is 1. The molecule has 0 aliphatic rings. The molecule has 1 aromatic heterocycles. The van der Waals surface area contributed by atoms with Gasteiger partial charge in [-0.1, -0.05) is 19.9 Å². The van der Waals surface area contributed by atoms with Crippen LogP contribution in [-0.2, 0) is 4.79 Å². The van der Waals surface area contributed by atoms with Gasteiger partial charge in [0.25, 0.3) is 5.91 Å². The van der Waals surface area contributed by atoms with Crippen LogP contribution in [0.1, 0.15) is 26.7 Å². The first-order chi connectivity index (χ1) is 12.0. The summed E-state index contributed by atoms with van der Waals surface area (Å²) in [5, 5.41) is 2.82. The number of ether oxygens (including phenoxy) is 2. The lowest BCUT2D eigenvalue weighted by Crippen LogP contribution is -2.50. The van der Waals surface area contributed by atoms with Crippen LogP contribution >= 0.6 is 0 Å². The van der Waals surface area contributed by atoms with Gasteiger partial charge in [0.15, 0.2) is 6.61 Å². The van der Waals surface area contributed by atoms with Crippen molar-refractivity contribution in [2.75, 3.05) is 13.2 Å². The lowest BCUT2D eigenvalue weighted by atomic mass is 9.94. The number of aromatic nitrogens is 1. The number of carbonyl (C=O) groups excluding carboxylic acids is 1. The SMILES string of the molecule is CCC(N)(CC)CNC(=O)COc1ccc(Oc2ccccn2)cc1. The average Bonchev–Trinajstić information content (AvgIpc) is 2.66. The van der Waals surface area contributed by atoms with Crippen molar-refractivity contribution in [2.45, 2.75) is 32.2 Å². The third-order valence-electron chi connectivity index (χ3n) is 4.10. The Kier molecular flexibility index (Phi) is 6.77. The zero-order valence-corrected chi connectivity index (χ0v) is 14.7. The molecule has 6 nitrogen and oxygen atoms in total. The van der Waals surface area contributed by atoms with E-state index >= 15 is 0 Å². The summed E-state index contributed by atoms with van der Waals surface area (Å²) in [6.07, 6.45) is 3.28. The second-order valence-electron chi connectivity index (χ2n) is 5.88. The van der Waals surface area contributed by atoms with Gasteiger partial charge in [-0.15, -0.1) is 0 Å². The van der Waals surface area contributed by atoms with Crippen molar-refractivity contribution in [3.05, 3.63) is 48.7 Å². The lowest BCUT2D eigenvalue weighted by molar-refractivity contribution is -0.123. The minimum atomic E-state index is -0.361. The minimum absolute atomic E-state index is 0.0516. The molecule has 0 atom stereocenters. The number of nitrogens with two attached hydrogens (primary N) is 1. The molecule has 6 heteroatoms. The first-order valence-corrected chi connectivity index (χ1v) is 8.42. The summed E-state index contributed by atoms with van der Waals surface area (Å²) in [4.78, 5) is 16.0. The van der Waals surface area contributed by atoms with Crippen LogP contribution in [0.25, 0.3) is 0 Å². The van der Waals surface area contributed by atoms with Crippen molar-refractivity contribution in [3.8, 4) is 17.4 Å². The van der Waals surface area contributed by atoms with E-state index in [1.807, 2.05) is 26.0 Å². The fourth-order valence-corrected chi connectivity index (χ4v) is 2.11. The Balaban J connectivity index is 1.78. The van der Waals surface area contributed by atoms with Gasteiger partial charge in [0.05, 0.1) is 0 Å². The van der Waals surface area contributed by atoms with E-state index in [9.17, 15) is 4.79 Å². The Morgan fingerprint density at radius 2 is 1.80 bits per heavy atom. The predicted octanol–water partition coefficient (Wildman–Crippen LogP) is 2.89. The standard InChI is InChI=1S/C19H25N3O3/c1-3-19(20,4-2)14-22-17(23)13-24-15-8-10-16(11-9-15)25-18-7-5-6-12-21-18/h5-12H,3-4,13-14,20H2,1-2H3,(H,22,23). The first kappa shape index (κ1) is 18.7. The van der Waals surface area contributed by atoms with Crippen molar-refractivity contribution in [2.24, 2.45) is 5.73 Å². The molecule has 0 radical (unpaired) electrons. The van der Waals surface area contributed by atoms with Crippen LogP contribution in [0.5, 0.6) is 17.4 Å². The van der Waals surface area contributed by atoms with E-state index in [2.05, 4.69) is 10.3 Å². The van der Waals surface area contributed by atoms with Crippen molar-refractivity contribution < 1.29 is 14.3 Å². The third-order valence-corrected chi connectivity index (χ3v) is 4.10. The molecule has 134 valence electrons. The normalized spacial score (nSPS) is 11.0. The molecule has 0 aliphatic carbocycles. The summed E-state index contributed by atoms with van der Waals surface area (Å²) in [6.45, 7) is 4.42. The largest absolute Gasteiger partial charge is 0.484 e. The molecular formula is C19H25N3O3. The summed E-state index contributed by atoms with van der Waals surface area (Å²) in [6, 6.07) is 12.5. The van der Waals surface area contributed by atoms with Gasteiger partial charge >= 0.3 is 0 Å². The van der Waals surface area contributed by atoms with E-state index in [0.29, 0.717) is 23.9 Å². The lowest BCUT2D eigenvalue weighted by Gasteiger charge is -2.26. The molecule has 1 aromatic carbocycles. The maximum atomic E-state index is 11.9. The van der Waals surface area contributed by atoms with Crippen molar-refractivity contribution in [3.63, 3.8) is 0 Å². The summed E-state index contributed by atoms with van der Waals surface area (Å²) >= 11 is 0. The Morgan fingerprint density at radius 1 is 1.12 bits per heavy atom. The number of nitrogens with one attached hydrogen (secondary N) is 1. The van der Waals surface area contributed by atoms with E-state index in [4.69, 9.17) is 15.2 Å². The second kappa shape index (κ2) is 9.03. The van der Waals surface area contributed by atoms with E-state index in [1.54, 1.807) is 36.5 Å². The second-order valence-corrected chi connectivity index (χ2v) is 5.88. The molecule has 2 aromatic rings. The number of nitrogens with zero attached hydrogens (tertiary/aromatic N) is 1. The molecule has 0 unspecified atom stereocenters. The van der Waals surface area contributed by atoms with Gasteiger partial charge < -0.3 is 20.5 Å². The quantitative estimate of drug-likeness (QED) is 0.731. The fraction of sp³-hybridized carbons (Fsp3) is 0.368. The predicted molar refractivity (Wildman–Crippen MR) is 96.8 cm³/mol. The first-order valence-electron chi connectivity index (χ1n) is 8.42. The number of hydrogen-bond acceptors (Lipinski definition) is 5. The van der Waals surface area contributed by atoms with E-state index in [1.165, 1.54) is 0 Å². The van der Waals surface area contributed by atoms with Crippen LogP contribution in [0.15, 0.2) is 48.7 Å². The summed E-state index contributed by atoms with van der Waals surface area (Å²) in [5.41, 5.74) is 5.80. The van der Waals surface area contributed by atoms with Gasteiger partial charge in [0, 0.05) is 24.3 Å². The highest BCUT2D eigenvalue weighted by Gasteiger charge is 2.20. The van der Waals surface area contributed by atoms with Gasteiger partial charge in [0.1, 0.15) is 11.5 Å². The van der Waals surface area contributed by atoms with E-state index in [-0.39, 0.29) is 18.1 Å². The molecule has 3 N–H and O–H groups in total. The molecule has 25 heavy (non-hydrogen) atoms. The minimum Gasteiger partial charge on any atom is -0.484 e. The Labute approximate surface area is 148 Å². The maximum absolute atomic E-state index is 11.9. The molecule has 1 amide bonds. The Morgan fingerprint density at radius 3 is 2.40 bits per heavy atom. The maximum Gasteiger partial charge on any atom is 0.258 e. The molecule has 2 rings (SSSR count). The van der Waals surface area contributed by atoms with Crippen LogP contribution in [0.2, 0.25) is 0 Å². The number of hydrogen-bond donors (Lipinski definition) is 2. The van der Waals surface area contributed by atoms with E-state index < -0.39 is 0 Å². The Hall–Kier alpha value is -2.60. The zero-order chi connectivity index (χ0) is 18.1. The highest BCUT2D eigenvalue weighted by Crippen LogP contribution is 2.22. The molecule has 1 heterocycles. The Bertz CT molecular complexity index is 655. The molecule has 0 saturated heterocycles. The monoisotopic (exact) mass is 343 g/mol. The third kappa shape index (κ3) is 6.08. The van der Waals surface area contributed by atoms with Crippen LogP contribution < -0.4 is 20.5 Å². The van der Waals surface area contributed by atoms with Crippen LogP contribution in [0.3, 0.4) is 0 Å². The van der Waals surface area contributed by atoms with Crippen LogP contribution in [0, 0.1) is 0 Å². The number of rotatable bonds is 9. The summed E-state index contributed by atoms with van der Waals surface area (Å²) in [5.74, 6) is 1.57. The number of carbonyl (C=O) groups is 1. The fourth-order valence-electron chi connectivity index (χ4n) is 2.11. The van der Waals surface area contributed by atoms with Gasteiger partial charge in [-0.3, -0.25) is 4.79 Å². The highest BCUT2D eigenvalue weighted by atomic mass is 16.5. The smallest absolute Gasteiger partial charge is 0.258 e. The van der Waals surface area contributed by atoms with Gasteiger partial charge in [0.2, 0.25) is 5.88 Å². The van der Waals surface area contributed by atoms with Crippen molar-refractivity contribution in [1.82, 2.24) is 10.3 Å². The zero-order valence-electron chi connectivity index (χ0n) is 14.7. The molecule has 0 aliphatic heterocycles. The molecular weight excluding hydrogens is 318 g/mol. The van der Waals surface area contributed by atoms with Crippen LogP contribution in [0.4, 0.5) is 0 Å². The number of benzene rings is 1. The average molecular weight is 343 g/mol.